The summed E-state index contributed by atoms with van der Waals surface area (Å²) in [6.07, 6.45) is 2.23. The van der Waals surface area contributed by atoms with Crippen LogP contribution in [0.3, 0.4) is 0 Å². The molecule has 0 bridgehead atoms. The highest BCUT2D eigenvalue weighted by Crippen LogP contribution is 2.39. The summed E-state index contributed by atoms with van der Waals surface area (Å²) in [5.74, 6) is -2.08. The number of hydrogen-bond donors (Lipinski definition) is 0. The Kier molecular flexibility index (Phi) is 4.30. The van der Waals surface area contributed by atoms with Gasteiger partial charge in [-0.25, -0.2) is 8.78 Å². The summed E-state index contributed by atoms with van der Waals surface area (Å²) in [6.45, 7) is 0. The average molecular weight is 353 g/mol. The predicted octanol–water partition coefficient (Wildman–Crippen LogP) is 5.97. The van der Waals surface area contributed by atoms with E-state index in [1.165, 1.54) is 16.3 Å². The van der Waals surface area contributed by atoms with Crippen LogP contribution in [0.1, 0.15) is 31.2 Å². The van der Waals surface area contributed by atoms with Crippen molar-refractivity contribution in [3.05, 3.63) is 48.0 Å². The van der Waals surface area contributed by atoms with Gasteiger partial charge in [-0.2, -0.15) is 0 Å². The van der Waals surface area contributed by atoms with E-state index >= 15 is 0 Å². The molecular formula is C18H19BrF2. The zero-order valence-corrected chi connectivity index (χ0v) is 13.5. The summed E-state index contributed by atoms with van der Waals surface area (Å²) < 4.78 is 26.5. The topological polar surface area (TPSA) is 0 Å². The summed E-state index contributed by atoms with van der Waals surface area (Å²) in [5.41, 5.74) is 1.27. The monoisotopic (exact) mass is 352 g/mol. The number of alkyl halides is 3. The standard InChI is InChI=1S/C18H19BrF2/c19-17(15-7-9-18(20,21)10-8-15)12-13-5-6-14-3-1-2-4-16(14)11-13/h1-6,11,15,17H,7-10,12H2. The highest BCUT2D eigenvalue weighted by Gasteiger charge is 2.36. The molecule has 0 saturated heterocycles. The van der Waals surface area contributed by atoms with Crippen molar-refractivity contribution in [3.63, 3.8) is 0 Å². The molecule has 112 valence electrons. The minimum absolute atomic E-state index is 0.0392. The number of fused-ring (bicyclic) bond motifs is 1. The number of rotatable bonds is 3. The Hall–Kier alpha value is -0.960. The van der Waals surface area contributed by atoms with E-state index in [1.54, 1.807) is 0 Å². The lowest BCUT2D eigenvalue weighted by Gasteiger charge is -2.31. The van der Waals surface area contributed by atoms with E-state index in [0.717, 1.165) is 6.42 Å². The van der Waals surface area contributed by atoms with E-state index in [4.69, 9.17) is 0 Å². The minimum Gasteiger partial charge on any atom is -0.207 e. The molecule has 1 saturated carbocycles. The molecule has 0 N–H and O–H groups in total. The second-order valence-electron chi connectivity index (χ2n) is 6.10. The van der Waals surface area contributed by atoms with Crippen LogP contribution >= 0.6 is 15.9 Å². The van der Waals surface area contributed by atoms with Crippen molar-refractivity contribution in [2.75, 3.05) is 0 Å². The average Bonchev–Trinajstić information content (AvgIpc) is 2.47. The Morgan fingerprint density at radius 2 is 1.71 bits per heavy atom. The molecular weight excluding hydrogens is 334 g/mol. The summed E-state index contributed by atoms with van der Waals surface area (Å²) >= 11 is 3.73. The summed E-state index contributed by atoms with van der Waals surface area (Å²) in [5, 5.41) is 2.48. The Morgan fingerprint density at radius 1 is 1.05 bits per heavy atom. The van der Waals surface area contributed by atoms with Gasteiger partial charge in [-0.05, 0) is 41.5 Å². The van der Waals surface area contributed by atoms with Gasteiger partial charge >= 0.3 is 0 Å². The molecule has 0 heterocycles. The predicted molar refractivity (Wildman–Crippen MR) is 87.3 cm³/mol. The third kappa shape index (κ3) is 3.63. The first-order valence-electron chi connectivity index (χ1n) is 7.53. The van der Waals surface area contributed by atoms with Crippen LogP contribution in [-0.2, 0) is 6.42 Å². The molecule has 0 spiro atoms. The zero-order chi connectivity index (χ0) is 14.9. The van der Waals surface area contributed by atoms with Gasteiger partial charge in [0.2, 0.25) is 5.92 Å². The van der Waals surface area contributed by atoms with Gasteiger partial charge in [-0.1, -0.05) is 58.4 Å². The summed E-state index contributed by atoms with van der Waals surface area (Å²) in [7, 11) is 0. The van der Waals surface area contributed by atoms with Gasteiger partial charge in [0, 0.05) is 17.7 Å². The normalized spacial score (nSPS) is 20.5. The van der Waals surface area contributed by atoms with E-state index in [-0.39, 0.29) is 17.7 Å². The largest absolute Gasteiger partial charge is 0.248 e. The zero-order valence-electron chi connectivity index (χ0n) is 11.9. The third-order valence-corrected chi connectivity index (χ3v) is 5.59. The van der Waals surface area contributed by atoms with Crippen molar-refractivity contribution in [1.82, 2.24) is 0 Å². The van der Waals surface area contributed by atoms with Gasteiger partial charge in [-0.15, -0.1) is 0 Å². The Balaban J connectivity index is 1.67. The molecule has 0 nitrogen and oxygen atoms in total. The van der Waals surface area contributed by atoms with Crippen LogP contribution in [0.15, 0.2) is 42.5 Å². The maximum Gasteiger partial charge on any atom is 0.248 e. The first kappa shape index (κ1) is 15.0. The van der Waals surface area contributed by atoms with Crippen LogP contribution in [0.5, 0.6) is 0 Å². The third-order valence-electron chi connectivity index (χ3n) is 4.52. The molecule has 0 amide bonds. The first-order valence-corrected chi connectivity index (χ1v) is 8.45. The molecule has 0 radical (unpaired) electrons. The fraction of sp³-hybridized carbons (Fsp3) is 0.444. The van der Waals surface area contributed by atoms with E-state index < -0.39 is 5.92 Å². The van der Waals surface area contributed by atoms with Gasteiger partial charge in [0.25, 0.3) is 0 Å². The van der Waals surface area contributed by atoms with Crippen LogP contribution in [0, 0.1) is 5.92 Å². The van der Waals surface area contributed by atoms with E-state index in [0.29, 0.717) is 18.8 Å². The highest BCUT2D eigenvalue weighted by molar-refractivity contribution is 9.09. The summed E-state index contributed by atoms with van der Waals surface area (Å²) in [4.78, 5) is 0.287. The molecule has 1 aliphatic carbocycles. The van der Waals surface area contributed by atoms with Gasteiger partial charge < -0.3 is 0 Å². The number of benzene rings is 2. The maximum absolute atomic E-state index is 13.2. The van der Waals surface area contributed by atoms with Crippen molar-refractivity contribution in [3.8, 4) is 0 Å². The van der Waals surface area contributed by atoms with Gasteiger partial charge in [-0.3, -0.25) is 0 Å². The smallest absolute Gasteiger partial charge is 0.207 e. The van der Waals surface area contributed by atoms with Crippen LogP contribution in [0.4, 0.5) is 8.78 Å². The maximum atomic E-state index is 13.2. The van der Waals surface area contributed by atoms with Crippen molar-refractivity contribution in [1.29, 1.82) is 0 Å². The van der Waals surface area contributed by atoms with Crippen LogP contribution < -0.4 is 0 Å². The van der Waals surface area contributed by atoms with Crippen LogP contribution in [-0.4, -0.2) is 10.7 Å². The van der Waals surface area contributed by atoms with Crippen molar-refractivity contribution in [2.24, 2.45) is 5.92 Å². The Morgan fingerprint density at radius 3 is 2.43 bits per heavy atom. The molecule has 3 rings (SSSR count). The lowest BCUT2D eigenvalue weighted by Crippen LogP contribution is -2.29. The molecule has 1 aliphatic rings. The fourth-order valence-electron chi connectivity index (χ4n) is 3.18. The lowest BCUT2D eigenvalue weighted by atomic mass is 9.83. The van der Waals surface area contributed by atoms with Crippen LogP contribution in [0.25, 0.3) is 10.8 Å². The van der Waals surface area contributed by atoms with Gasteiger partial charge in [0.15, 0.2) is 0 Å². The molecule has 2 aromatic carbocycles. The van der Waals surface area contributed by atoms with Crippen molar-refractivity contribution >= 4 is 26.7 Å². The molecule has 0 aliphatic heterocycles. The molecule has 2 aromatic rings. The van der Waals surface area contributed by atoms with E-state index in [2.05, 4.69) is 46.3 Å². The number of hydrogen-bond acceptors (Lipinski definition) is 0. The Labute approximate surface area is 132 Å². The Bertz CT molecular complexity index is 613. The minimum atomic E-state index is -2.44. The lowest BCUT2D eigenvalue weighted by molar-refractivity contribution is -0.0456. The number of halogens is 3. The summed E-state index contributed by atoms with van der Waals surface area (Å²) in [6, 6.07) is 14.8. The second-order valence-corrected chi connectivity index (χ2v) is 7.27. The molecule has 21 heavy (non-hydrogen) atoms. The molecule has 1 atom stereocenters. The van der Waals surface area contributed by atoms with Crippen LogP contribution in [0.2, 0.25) is 0 Å². The van der Waals surface area contributed by atoms with E-state index in [9.17, 15) is 8.78 Å². The SMILES string of the molecule is FC1(F)CCC(C(Br)Cc2ccc3ccccc3c2)CC1. The first-order chi connectivity index (χ1) is 10.0. The second kappa shape index (κ2) is 6.04. The molecule has 3 heteroatoms. The highest BCUT2D eigenvalue weighted by atomic mass is 79.9. The van der Waals surface area contributed by atoms with Crippen molar-refractivity contribution in [2.45, 2.75) is 42.9 Å². The molecule has 0 aromatic heterocycles. The van der Waals surface area contributed by atoms with Gasteiger partial charge in [0.1, 0.15) is 0 Å². The quantitative estimate of drug-likeness (QED) is 0.596. The van der Waals surface area contributed by atoms with Crippen molar-refractivity contribution < 1.29 is 8.78 Å². The molecule has 1 fully saturated rings. The van der Waals surface area contributed by atoms with E-state index in [1.807, 2.05) is 12.1 Å². The fourth-order valence-corrected chi connectivity index (χ4v) is 4.08. The van der Waals surface area contributed by atoms with Gasteiger partial charge in [0.05, 0.1) is 0 Å². The molecule has 1 unspecified atom stereocenters.